The van der Waals surface area contributed by atoms with Crippen LogP contribution in [0.3, 0.4) is 0 Å². The molecule has 186 valence electrons. The fraction of sp³-hybridized carbons (Fsp3) is 0.385. The smallest absolute Gasteiger partial charge is 0.295 e. The van der Waals surface area contributed by atoms with Crippen molar-refractivity contribution in [3.05, 3.63) is 59.2 Å². The average molecular weight is 483 g/mol. The van der Waals surface area contributed by atoms with Crippen LogP contribution in [0.5, 0.6) is 17.2 Å². The lowest BCUT2D eigenvalue weighted by atomic mass is 9.95. The van der Waals surface area contributed by atoms with Crippen LogP contribution in [0.25, 0.3) is 5.76 Å². The van der Waals surface area contributed by atoms with E-state index in [-0.39, 0.29) is 29.4 Å². The van der Waals surface area contributed by atoms with Gasteiger partial charge in [-0.3, -0.25) is 14.5 Å². The summed E-state index contributed by atoms with van der Waals surface area (Å²) in [5, 5.41) is 21.4. The molecule has 2 aliphatic rings. The van der Waals surface area contributed by atoms with Gasteiger partial charge in [0.05, 0.1) is 38.5 Å². The van der Waals surface area contributed by atoms with Crippen molar-refractivity contribution in [2.45, 2.75) is 13.0 Å². The Morgan fingerprint density at radius 1 is 1.11 bits per heavy atom. The van der Waals surface area contributed by atoms with E-state index in [1.54, 1.807) is 43.3 Å². The summed E-state index contributed by atoms with van der Waals surface area (Å²) in [7, 11) is 1.51. The van der Waals surface area contributed by atoms with Gasteiger partial charge in [-0.15, -0.1) is 0 Å². The van der Waals surface area contributed by atoms with Gasteiger partial charge in [0, 0.05) is 31.7 Å². The van der Waals surface area contributed by atoms with Crippen molar-refractivity contribution < 1.29 is 34.0 Å². The number of phenols is 1. The highest BCUT2D eigenvalue weighted by atomic mass is 16.5. The number of carbonyl (C=O) groups is 2. The Balaban J connectivity index is 1.78. The summed E-state index contributed by atoms with van der Waals surface area (Å²) in [6.45, 7) is 5.69. The highest BCUT2D eigenvalue weighted by Crippen LogP contribution is 2.42. The van der Waals surface area contributed by atoms with E-state index < -0.39 is 17.7 Å². The number of methoxy groups -OCH3 is 1. The van der Waals surface area contributed by atoms with Crippen molar-refractivity contribution in [3.8, 4) is 17.2 Å². The number of hydrogen-bond donors (Lipinski definition) is 2. The summed E-state index contributed by atoms with van der Waals surface area (Å²) in [4.78, 5) is 30.1. The van der Waals surface area contributed by atoms with E-state index in [9.17, 15) is 19.8 Å². The van der Waals surface area contributed by atoms with E-state index in [1.165, 1.54) is 18.1 Å². The molecule has 0 aromatic heterocycles. The van der Waals surface area contributed by atoms with E-state index in [0.29, 0.717) is 43.2 Å². The SMILES string of the molecule is CCOc1cc(C2C(=C(O)c3cccc(OC)c3)C(=O)C(=O)N2CCN2CCOCC2)ccc1O. The number of aliphatic hydroxyl groups excluding tert-OH is 1. The van der Waals surface area contributed by atoms with Gasteiger partial charge in [0.2, 0.25) is 0 Å². The number of amides is 1. The first-order chi connectivity index (χ1) is 16.9. The van der Waals surface area contributed by atoms with Crippen LogP contribution < -0.4 is 9.47 Å². The first kappa shape index (κ1) is 24.6. The van der Waals surface area contributed by atoms with Gasteiger partial charge in [-0.2, -0.15) is 0 Å². The van der Waals surface area contributed by atoms with Gasteiger partial charge in [-0.25, -0.2) is 0 Å². The fourth-order valence-electron chi connectivity index (χ4n) is 4.43. The molecule has 2 saturated heterocycles. The van der Waals surface area contributed by atoms with Crippen LogP contribution in [-0.4, -0.2) is 84.8 Å². The molecule has 2 N–H and O–H groups in total. The monoisotopic (exact) mass is 482 g/mol. The number of Topliss-reactive ketones (excluding diaryl/α,β-unsaturated/α-hetero) is 1. The quantitative estimate of drug-likeness (QED) is 0.336. The van der Waals surface area contributed by atoms with Gasteiger partial charge in [0.25, 0.3) is 11.7 Å². The molecule has 2 fully saturated rings. The van der Waals surface area contributed by atoms with Crippen LogP contribution >= 0.6 is 0 Å². The lowest BCUT2D eigenvalue weighted by molar-refractivity contribution is -0.140. The number of morpholine rings is 1. The van der Waals surface area contributed by atoms with Gasteiger partial charge in [-0.05, 0) is 36.8 Å². The molecule has 0 bridgehead atoms. The maximum absolute atomic E-state index is 13.2. The number of phenolic OH excluding ortho intramolecular Hbond substituents is 1. The van der Waals surface area contributed by atoms with Crippen LogP contribution in [0, 0.1) is 0 Å². The second-order valence-corrected chi connectivity index (χ2v) is 8.34. The first-order valence-corrected chi connectivity index (χ1v) is 11.6. The summed E-state index contributed by atoms with van der Waals surface area (Å²) in [6.07, 6.45) is 0. The van der Waals surface area contributed by atoms with Crippen molar-refractivity contribution in [1.29, 1.82) is 0 Å². The molecule has 9 heteroatoms. The minimum atomic E-state index is -0.845. The Kier molecular flexibility index (Phi) is 7.57. The summed E-state index contributed by atoms with van der Waals surface area (Å²) >= 11 is 0. The molecule has 0 saturated carbocycles. The summed E-state index contributed by atoms with van der Waals surface area (Å²) in [5.41, 5.74) is 0.902. The minimum absolute atomic E-state index is 0.0154. The van der Waals surface area contributed by atoms with Crippen molar-refractivity contribution >= 4 is 17.4 Å². The molecule has 0 radical (unpaired) electrons. The van der Waals surface area contributed by atoms with E-state index >= 15 is 0 Å². The van der Waals surface area contributed by atoms with Crippen LogP contribution in [0.4, 0.5) is 0 Å². The van der Waals surface area contributed by atoms with Crippen molar-refractivity contribution in [2.75, 3.05) is 53.1 Å². The van der Waals surface area contributed by atoms with E-state index in [1.807, 2.05) is 0 Å². The molecule has 9 nitrogen and oxygen atoms in total. The number of benzene rings is 2. The molecule has 0 aliphatic carbocycles. The molecule has 2 heterocycles. The zero-order valence-electron chi connectivity index (χ0n) is 19.9. The largest absolute Gasteiger partial charge is 0.507 e. The van der Waals surface area contributed by atoms with Gasteiger partial charge in [-0.1, -0.05) is 18.2 Å². The van der Waals surface area contributed by atoms with Gasteiger partial charge < -0.3 is 29.3 Å². The zero-order chi connectivity index (χ0) is 24.9. The topological polar surface area (TPSA) is 109 Å². The molecule has 1 amide bonds. The minimum Gasteiger partial charge on any atom is -0.507 e. The number of aliphatic hydroxyl groups is 1. The number of aromatic hydroxyl groups is 1. The molecule has 1 unspecified atom stereocenters. The summed E-state index contributed by atoms with van der Waals surface area (Å²) in [5.74, 6) is -1.02. The maximum Gasteiger partial charge on any atom is 0.295 e. The number of carbonyl (C=O) groups excluding carboxylic acids is 2. The van der Waals surface area contributed by atoms with Crippen LogP contribution in [0.15, 0.2) is 48.0 Å². The molecule has 4 rings (SSSR count). The molecular formula is C26H30N2O7. The first-order valence-electron chi connectivity index (χ1n) is 11.6. The van der Waals surface area contributed by atoms with Crippen LogP contribution in [0.1, 0.15) is 24.1 Å². The number of nitrogens with zero attached hydrogens (tertiary/aromatic N) is 2. The Hall–Kier alpha value is -3.56. The van der Waals surface area contributed by atoms with Crippen LogP contribution in [-0.2, 0) is 14.3 Å². The third-order valence-electron chi connectivity index (χ3n) is 6.24. The molecule has 1 atom stereocenters. The highest BCUT2D eigenvalue weighted by molar-refractivity contribution is 6.46. The predicted molar refractivity (Wildman–Crippen MR) is 129 cm³/mol. The lowest BCUT2D eigenvalue weighted by Gasteiger charge is -2.31. The van der Waals surface area contributed by atoms with Crippen molar-refractivity contribution in [2.24, 2.45) is 0 Å². The third-order valence-corrected chi connectivity index (χ3v) is 6.24. The lowest BCUT2D eigenvalue weighted by Crippen LogP contribution is -2.42. The fourth-order valence-corrected chi connectivity index (χ4v) is 4.43. The second-order valence-electron chi connectivity index (χ2n) is 8.34. The number of ketones is 1. The summed E-state index contributed by atoms with van der Waals surface area (Å²) < 4.78 is 16.2. The predicted octanol–water partition coefficient (Wildman–Crippen LogP) is 2.55. The van der Waals surface area contributed by atoms with Gasteiger partial charge in [0.15, 0.2) is 11.5 Å². The zero-order valence-corrected chi connectivity index (χ0v) is 19.9. The molecule has 2 aromatic rings. The molecule has 2 aromatic carbocycles. The molecule has 0 spiro atoms. The number of rotatable bonds is 8. The molecule has 35 heavy (non-hydrogen) atoms. The van der Waals surface area contributed by atoms with Crippen molar-refractivity contribution in [1.82, 2.24) is 9.80 Å². The number of hydrogen-bond acceptors (Lipinski definition) is 8. The summed E-state index contributed by atoms with van der Waals surface area (Å²) in [6, 6.07) is 10.5. The van der Waals surface area contributed by atoms with Crippen molar-refractivity contribution in [3.63, 3.8) is 0 Å². The highest BCUT2D eigenvalue weighted by Gasteiger charge is 2.46. The standard InChI is InChI=1S/C26H30N2O7/c1-3-35-21-16-17(7-8-20(21)29)23-22(24(30)18-5-4-6-19(15-18)33-2)25(31)26(32)28(23)10-9-27-11-13-34-14-12-27/h4-8,15-16,23,29-30H,3,9-14H2,1-2H3. The van der Waals surface area contributed by atoms with Gasteiger partial charge in [0.1, 0.15) is 11.5 Å². The van der Waals surface area contributed by atoms with Gasteiger partial charge >= 0.3 is 0 Å². The Labute approximate surface area is 204 Å². The Morgan fingerprint density at radius 2 is 1.89 bits per heavy atom. The Morgan fingerprint density at radius 3 is 2.60 bits per heavy atom. The van der Waals surface area contributed by atoms with E-state index in [2.05, 4.69) is 4.90 Å². The third kappa shape index (κ3) is 5.11. The van der Waals surface area contributed by atoms with Crippen LogP contribution in [0.2, 0.25) is 0 Å². The van der Waals surface area contributed by atoms with E-state index in [4.69, 9.17) is 14.2 Å². The van der Waals surface area contributed by atoms with E-state index in [0.717, 1.165) is 13.1 Å². The molecular weight excluding hydrogens is 452 g/mol. The average Bonchev–Trinajstić information content (AvgIpc) is 3.14. The normalized spacial score (nSPS) is 20.3. The maximum atomic E-state index is 13.2. The number of likely N-dealkylation sites (tertiary alicyclic amines) is 1. The Bertz CT molecular complexity index is 1120. The second kappa shape index (κ2) is 10.8. The number of ether oxygens (including phenoxy) is 3. The molecule has 2 aliphatic heterocycles.